The Morgan fingerprint density at radius 3 is 2.61 bits per heavy atom. The number of carbonyl (C=O) groups excluding carboxylic acids is 1. The number of halogens is 2. The molecule has 1 aromatic heterocycles. The van der Waals surface area contributed by atoms with E-state index in [0.717, 1.165) is 11.1 Å². The third-order valence-corrected chi connectivity index (χ3v) is 4.46. The number of amides is 1. The third-order valence-electron chi connectivity index (χ3n) is 4.09. The van der Waals surface area contributed by atoms with Gasteiger partial charge in [0.25, 0.3) is 5.91 Å². The van der Waals surface area contributed by atoms with Crippen LogP contribution < -0.4 is 10.6 Å². The molecule has 1 heterocycles. The molecule has 1 amide bonds. The van der Waals surface area contributed by atoms with Crippen molar-refractivity contribution >= 4 is 23.5 Å². The van der Waals surface area contributed by atoms with Gasteiger partial charge in [0.1, 0.15) is 11.5 Å². The van der Waals surface area contributed by atoms with Crippen molar-refractivity contribution < 1.29 is 9.18 Å². The van der Waals surface area contributed by atoms with Gasteiger partial charge < -0.3 is 10.6 Å². The van der Waals surface area contributed by atoms with E-state index in [4.69, 9.17) is 11.6 Å². The number of nitrogens with zero attached hydrogens (tertiary/aromatic N) is 2. The summed E-state index contributed by atoms with van der Waals surface area (Å²) in [5, 5.41) is 6.58. The maximum atomic E-state index is 12.9. The van der Waals surface area contributed by atoms with Gasteiger partial charge in [-0.3, -0.25) is 4.79 Å². The average molecular weight is 399 g/mol. The topological polar surface area (TPSA) is 66.9 Å². The SMILES string of the molecule is Cc1cc(C(=O)NCCc2ccc(F)cc2)nc(NCc2ccccc2Cl)n1. The second-order valence-corrected chi connectivity index (χ2v) is 6.70. The molecule has 0 spiro atoms. The van der Waals surface area contributed by atoms with Crippen molar-refractivity contribution in [2.75, 3.05) is 11.9 Å². The van der Waals surface area contributed by atoms with Crippen molar-refractivity contribution in [3.05, 3.63) is 88.0 Å². The van der Waals surface area contributed by atoms with Crippen molar-refractivity contribution in [3.8, 4) is 0 Å². The molecule has 0 aliphatic rings. The minimum absolute atomic E-state index is 0.277. The van der Waals surface area contributed by atoms with Crippen LogP contribution in [-0.2, 0) is 13.0 Å². The number of carbonyl (C=O) groups is 1. The van der Waals surface area contributed by atoms with E-state index in [1.807, 2.05) is 24.3 Å². The third kappa shape index (κ3) is 5.50. The molecule has 3 aromatic rings. The molecular weight excluding hydrogens is 379 g/mol. The first-order valence-corrected chi connectivity index (χ1v) is 9.24. The van der Waals surface area contributed by atoms with Crippen LogP contribution >= 0.6 is 11.6 Å². The Labute approximate surface area is 168 Å². The number of aromatic nitrogens is 2. The molecule has 2 N–H and O–H groups in total. The lowest BCUT2D eigenvalue weighted by Gasteiger charge is -2.10. The largest absolute Gasteiger partial charge is 0.350 e. The van der Waals surface area contributed by atoms with Crippen LogP contribution in [-0.4, -0.2) is 22.4 Å². The van der Waals surface area contributed by atoms with Gasteiger partial charge in [-0.2, -0.15) is 0 Å². The highest BCUT2D eigenvalue weighted by Crippen LogP contribution is 2.16. The molecule has 2 aromatic carbocycles. The van der Waals surface area contributed by atoms with Crippen molar-refractivity contribution in [2.24, 2.45) is 0 Å². The smallest absolute Gasteiger partial charge is 0.270 e. The summed E-state index contributed by atoms with van der Waals surface area (Å²) in [4.78, 5) is 21.0. The van der Waals surface area contributed by atoms with Crippen molar-refractivity contribution in [2.45, 2.75) is 19.9 Å². The highest BCUT2D eigenvalue weighted by molar-refractivity contribution is 6.31. The van der Waals surface area contributed by atoms with Crippen LogP contribution in [0.25, 0.3) is 0 Å². The Balaban J connectivity index is 1.59. The number of hydrogen-bond acceptors (Lipinski definition) is 4. The van der Waals surface area contributed by atoms with E-state index >= 15 is 0 Å². The summed E-state index contributed by atoms with van der Waals surface area (Å²) in [5.41, 5.74) is 2.83. The maximum absolute atomic E-state index is 12.9. The fourth-order valence-corrected chi connectivity index (χ4v) is 2.84. The average Bonchev–Trinajstić information content (AvgIpc) is 2.68. The van der Waals surface area contributed by atoms with E-state index in [2.05, 4.69) is 20.6 Å². The first-order valence-electron chi connectivity index (χ1n) is 8.87. The molecule has 3 rings (SSSR count). The van der Waals surface area contributed by atoms with Gasteiger partial charge in [-0.25, -0.2) is 14.4 Å². The van der Waals surface area contributed by atoms with Gasteiger partial charge in [0.15, 0.2) is 0 Å². The van der Waals surface area contributed by atoms with Crippen LogP contribution in [0.5, 0.6) is 0 Å². The predicted molar refractivity (Wildman–Crippen MR) is 108 cm³/mol. The summed E-state index contributed by atoms with van der Waals surface area (Å²) in [6, 6.07) is 15.3. The van der Waals surface area contributed by atoms with Crippen LogP contribution in [0.2, 0.25) is 5.02 Å². The summed E-state index contributed by atoms with van der Waals surface area (Å²) in [7, 11) is 0. The fraction of sp³-hybridized carbons (Fsp3) is 0.190. The number of benzene rings is 2. The van der Waals surface area contributed by atoms with Gasteiger partial charge in [-0.05, 0) is 48.7 Å². The lowest BCUT2D eigenvalue weighted by atomic mass is 10.1. The Morgan fingerprint density at radius 1 is 1.11 bits per heavy atom. The summed E-state index contributed by atoms with van der Waals surface area (Å²) in [6.45, 7) is 2.68. The zero-order valence-electron chi connectivity index (χ0n) is 15.4. The van der Waals surface area contributed by atoms with Gasteiger partial charge in [0.2, 0.25) is 5.95 Å². The van der Waals surface area contributed by atoms with E-state index in [9.17, 15) is 9.18 Å². The Kier molecular flexibility index (Phi) is 6.55. The number of hydrogen-bond donors (Lipinski definition) is 2. The highest BCUT2D eigenvalue weighted by Gasteiger charge is 2.11. The molecule has 7 heteroatoms. The Hall–Kier alpha value is -2.99. The van der Waals surface area contributed by atoms with Gasteiger partial charge in [0.05, 0.1) is 0 Å². The number of nitrogens with one attached hydrogen (secondary N) is 2. The molecular formula is C21H20ClFN4O. The highest BCUT2D eigenvalue weighted by atomic mass is 35.5. The zero-order valence-corrected chi connectivity index (χ0v) is 16.1. The molecule has 0 aliphatic carbocycles. The molecule has 5 nitrogen and oxygen atoms in total. The molecule has 0 atom stereocenters. The van der Waals surface area contributed by atoms with Gasteiger partial charge in [0, 0.05) is 23.8 Å². The molecule has 0 saturated heterocycles. The maximum Gasteiger partial charge on any atom is 0.270 e. The lowest BCUT2D eigenvalue weighted by Crippen LogP contribution is -2.27. The lowest BCUT2D eigenvalue weighted by molar-refractivity contribution is 0.0949. The second kappa shape index (κ2) is 9.28. The molecule has 0 saturated carbocycles. The minimum atomic E-state index is -0.284. The second-order valence-electron chi connectivity index (χ2n) is 6.30. The predicted octanol–water partition coefficient (Wildman–Crippen LogP) is 4.16. The Bertz CT molecular complexity index is 963. The molecule has 0 aliphatic heterocycles. The quantitative estimate of drug-likeness (QED) is 0.627. The molecule has 0 radical (unpaired) electrons. The molecule has 28 heavy (non-hydrogen) atoms. The van der Waals surface area contributed by atoms with Crippen LogP contribution in [0.15, 0.2) is 54.6 Å². The minimum Gasteiger partial charge on any atom is -0.350 e. The van der Waals surface area contributed by atoms with E-state index in [0.29, 0.717) is 36.2 Å². The van der Waals surface area contributed by atoms with Gasteiger partial charge in [-0.15, -0.1) is 0 Å². The number of anilines is 1. The first-order chi connectivity index (χ1) is 13.5. The zero-order chi connectivity index (χ0) is 19.9. The van der Waals surface area contributed by atoms with Crippen molar-refractivity contribution in [1.29, 1.82) is 0 Å². The van der Waals surface area contributed by atoms with Crippen LogP contribution in [0.1, 0.15) is 27.3 Å². The van der Waals surface area contributed by atoms with Crippen molar-refractivity contribution in [1.82, 2.24) is 15.3 Å². The number of rotatable bonds is 7. The Morgan fingerprint density at radius 2 is 1.86 bits per heavy atom. The summed E-state index contributed by atoms with van der Waals surface area (Å²) in [5.74, 6) is -0.196. The van der Waals surface area contributed by atoms with Crippen molar-refractivity contribution in [3.63, 3.8) is 0 Å². The van der Waals surface area contributed by atoms with Crippen LogP contribution in [0.4, 0.5) is 10.3 Å². The normalized spacial score (nSPS) is 10.5. The van der Waals surface area contributed by atoms with E-state index < -0.39 is 0 Å². The first kappa shape index (κ1) is 19.8. The molecule has 0 fully saturated rings. The molecule has 0 bridgehead atoms. The fourth-order valence-electron chi connectivity index (χ4n) is 2.64. The van der Waals surface area contributed by atoms with E-state index in [-0.39, 0.29) is 17.4 Å². The summed E-state index contributed by atoms with van der Waals surface area (Å²) < 4.78 is 12.9. The van der Waals surface area contributed by atoms with Gasteiger partial charge in [-0.1, -0.05) is 41.9 Å². The van der Waals surface area contributed by atoms with Crippen LogP contribution in [0.3, 0.4) is 0 Å². The van der Waals surface area contributed by atoms with Gasteiger partial charge >= 0.3 is 0 Å². The van der Waals surface area contributed by atoms with E-state index in [1.54, 1.807) is 25.1 Å². The molecule has 0 unspecified atom stereocenters. The standard InChI is InChI=1S/C21H20ClFN4O/c1-14-12-19(20(28)24-11-10-15-6-8-17(23)9-7-15)27-21(26-14)25-13-16-4-2-3-5-18(16)22/h2-9,12H,10-11,13H2,1H3,(H,24,28)(H,25,26,27). The number of aryl methyl sites for hydroxylation is 1. The summed E-state index contributed by atoms with van der Waals surface area (Å²) >= 11 is 6.15. The van der Waals surface area contributed by atoms with E-state index in [1.165, 1.54) is 12.1 Å². The van der Waals surface area contributed by atoms with Crippen LogP contribution in [0, 0.1) is 12.7 Å². The molecule has 144 valence electrons. The monoisotopic (exact) mass is 398 g/mol. The summed E-state index contributed by atoms with van der Waals surface area (Å²) in [6.07, 6.45) is 0.605.